The third-order valence-electron chi connectivity index (χ3n) is 4.77. The lowest BCUT2D eigenvalue weighted by Crippen LogP contribution is -2.67. The van der Waals surface area contributed by atoms with Crippen molar-refractivity contribution < 1.29 is 22.7 Å². The van der Waals surface area contributed by atoms with Gasteiger partial charge in [0.25, 0.3) is 0 Å². The molecule has 2 saturated heterocycles. The second-order valence-corrected chi connectivity index (χ2v) is 6.43. The molecule has 5 nitrogen and oxygen atoms in total. The summed E-state index contributed by atoms with van der Waals surface area (Å²) in [6.07, 6.45) is -3.05. The van der Waals surface area contributed by atoms with Crippen molar-refractivity contribution in [2.24, 2.45) is 0 Å². The second-order valence-electron chi connectivity index (χ2n) is 6.43. The Kier molecular flexibility index (Phi) is 5.03. The third-order valence-corrected chi connectivity index (χ3v) is 4.77. The van der Waals surface area contributed by atoms with E-state index in [4.69, 9.17) is 4.74 Å². The maximum atomic E-state index is 12.5. The maximum Gasteiger partial charge on any atom is 0.490 e. The summed E-state index contributed by atoms with van der Waals surface area (Å²) in [5, 5.41) is 3.28. The van der Waals surface area contributed by atoms with Gasteiger partial charge in [0.05, 0.1) is 6.54 Å². The fourth-order valence-corrected chi connectivity index (χ4v) is 3.29. The molecule has 2 aliphatic heterocycles. The zero-order valence-corrected chi connectivity index (χ0v) is 13.2. The number of hydrogen-bond acceptors (Lipinski definition) is 5. The molecule has 0 bridgehead atoms. The minimum atomic E-state index is -4.97. The lowest BCUT2D eigenvalue weighted by molar-refractivity contribution is -0.240. The van der Waals surface area contributed by atoms with Crippen molar-refractivity contribution >= 4 is 5.97 Å². The smallest absolute Gasteiger partial charge is 0.436 e. The predicted octanol–water partition coefficient (Wildman–Crippen LogP) is 1.20. The molecule has 2 rings (SSSR count). The number of piperidine rings is 1. The second kappa shape index (κ2) is 6.33. The van der Waals surface area contributed by atoms with E-state index in [0.717, 1.165) is 32.5 Å². The van der Waals surface area contributed by atoms with E-state index in [-0.39, 0.29) is 6.04 Å². The Morgan fingerprint density at radius 1 is 1.32 bits per heavy atom. The van der Waals surface area contributed by atoms with Crippen molar-refractivity contribution in [1.29, 1.82) is 0 Å². The van der Waals surface area contributed by atoms with Gasteiger partial charge in [-0.05, 0) is 46.8 Å². The molecule has 0 radical (unpaired) electrons. The molecule has 2 aliphatic rings. The van der Waals surface area contributed by atoms with Crippen molar-refractivity contribution in [3.63, 3.8) is 0 Å². The number of alkyl halides is 3. The van der Waals surface area contributed by atoms with Crippen LogP contribution in [0, 0.1) is 0 Å². The summed E-state index contributed by atoms with van der Waals surface area (Å²) in [5.41, 5.74) is -1.27. The number of hydrogen-bond donors (Lipinski definition) is 1. The fraction of sp³-hybridized carbons (Fsp3) is 0.929. The molecule has 0 unspecified atom stereocenters. The van der Waals surface area contributed by atoms with Crippen LogP contribution in [0.2, 0.25) is 0 Å². The van der Waals surface area contributed by atoms with Gasteiger partial charge in [0, 0.05) is 18.6 Å². The van der Waals surface area contributed by atoms with Gasteiger partial charge in [-0.2, -0.15) is 13.2 Å². The zero-order chi connectivity index (χ0) is 16.5. The SMILES string of the molecule is C[C@@H]1CN(C2CCNCC2)C[C@](C)(OC(=O)C(F)(F)F)N1C. The first-order chi connectivity index (χ1) is 10.1. The lowest BCUT2D eigenvalue weighted by atomic mass is 9.98. The summed E-state index contributed by atoms with van der Waals surface area (Å²) < 4.78 is 42.5. The van der Waals surface area contributed by atoms with E-state index >= 15 is 0 Å². The van der Waals surface area contributed by atoms with Gasteiger partial charge in [-0.1, -0.05) is 0 Å². The normalized spacial score (nSPS) is 32.9. The summed E-state index contributed by atoms with van der Waals surface area (Å²) >= 11 is 0. The van der Waals surface area contributed by atoms with Gasteiger partial charge in [-0.25, -0.2) is 4.79 Å². The fourth-order valence-electron chi connectivity index (χ4n) is 3.29. The Bertz CT molecular complexity index is 413. The average Bonchev–Trinajstić information content (AvgIpc) is 2.44. The number of ether oxygens (including phenoxy) is 1. The predicted molar refractivity (Wildman–Crippen MR) is 75.2 cm³/mol. The van der Waals surface area contributed by atoms with Crippen LogP contribution >= 0.6 is 0 Å². The number of halogens is 3. The summed E-state index contributed by atoms with van der Waals surface area (Å²) in [7, 11) is 1.70. The highest BCUT2D eigenvalue weighted by molar-refractivity contribution is 5.76. The van der Waals surface area contributed by atoms with E-state index < -0.39 is 17.9 Å². The Hall–Kier alpha value is -0.860. The van der Waals surface area contributed by atoms with E-state index in [9.17, 15) is 18.0 Å². The molecule has 0 spiro atoms. The van der Waals surface area contributed by atoms with Crippen molar-refractivity contribution in [2.45, 2.75) is 50.7 Å². The molecule has 22 heavy (non-hydrogen) atoms. The molecular formula is C14H24F3N3O2. The highest BCUT2D eigenvalue weighted by Crippen LogP contribution is 2.30. The summed E-state index contributed by atoms with van der Waals surface area (Å²) in [4.78, 5) is 15.1. The Labute approximate surface area is 128 Å². The number of nitrogens with zero attached hydrogens (tertiary/aromatic N) is 2. The molecule has 0 aromatic carbocycles. The minimum absolute atomic E-state index is 0.00895. The van der Waals surface area contributed by atoms with Gasteiger partial charge in [0.15, 0.2) is 5.72 Å². The molecule has 0 aromatic rings. The highest BCUT2D eigenvalue weighted by atomic mass is 19.4. The monoisotopic (exact) mass is 323 g/mol. The van der Waals surface area contributed by atoms with Crippen LogP contribution < -0.4 is 5.32 Å². The van der Waals surface area contributed by atoms with Crippen LogP contribution in [0.1, 0.15) is 26.7 Å². The van der Waals surface area contributed by atoms with Crippen LogP contribution in [-0.4, -0.2) is 73.0 Å². The Morgan fingerprint density at radius 2 is 1.91 bits per heavy atom. The summed E-state index contributed by atoms with van der Waals surface area (Å²) in [6.45, 7) is 6.36. The van der Waals surface area contributed by atoms with Crippen LogP contribution in [0.3, 0.4) is 0 Å². The van der Waals surface area contributed by atoms with Gasteiger partial charge in [0.2, 0.25) is 0 Å². The molecule has 128 valence electrons. The number of esters is 1. The number of carbonyl (C=O) groups excluding carboxylic acids is 1. The van der Waals surface area contributed by atoms with Crippen molar-refractivity contribution in [3.8, 4) is 0 Å². The molecule has 0 saturated carbocycles. The first kappa shape index (κ1) is 17.5. The number of nitrogens with one attached hydrogen (secondary N) is 1. The topological polar surface area (TPSA) is 44.8 Å². The van der Waals surface area contributed by atoms with Crippen molar-refractivity contribution in [3.05, 3.63) is 0 Å². The molecule has 0 aliphatic carbocycles. The number of carbonyl (C=O) groups is 1. The number of rotatable bonds is 2. The molecule has 0 aromatic heterocycles. The first-order valence-corrected chi connectivity index (χ1v) is 7.61. The maximum absolute atomic E-state index is 12.5. The standard InChI is InChI=1S/C14H24F3N3O2/c1-10-8-20(11-4-6-18-7-5-11)9-13(2,19(10)3)22-12(21)14(15,16)17/h10-11,18H,4-9H2,1-3H3/t10-,13+/m1/s1. The summed E-state index contributed by atoms with van der Waals surface area (Å²) in [6, 6.07) is 0.330. The minimum Gasteiger partial charge on any atom is -0.436 e. The first-order valence-electron chi connectivity index (χ1n) is 7.61. The molecule has 2 fully saturated rings. The summed E-state index contributed by atoms with van der Waals surface area (Å²) in [5.74, 6) is -2.12. The highest BCUT2D eigenvalue weighted by Gasteiger charge is 2.50. The lowest BCUT2D eigenvalue weighted by Gasteiger charge is -2.52. The zero-order valence-electron chi connectivity index (χ0n) is 13.2. The molecule has 2 heterocycles. The van der Waals surface area contributed by atoms with Crippen LogP contribution in [0.25, 0.3) is 0 Å². The van der Waals surface area contributed by atoms with E-state index in [1.165, 1.54) is 0 Å². The van der Waals surface area contributed by atoms with Crippen LogP contribution in [-0.2, 0) is 9.53 Å². The molecule has 0 amide bonds. The van der Waals surface area contributed by atoms with E-state index in [0.29, 0.717) is 12.6 Å². The molecule has 1 N–H and O–H groups in total. The average molecular weight is 323 g/mol. The molecule has 2 atom stereocenters. The van der Waals surface area contributed by atoms with E-state index in [1.54, 1.807) is 18.9 Å². The quantitative estimate of drug-likeness (QED) is 0.774. The molecule has 8 heteroatoms. The number of piperazine rings is 1. The van der Waals surface area contributed by atoms with Crippen molar-refractivity contribution in [1.82, 2.24) is 15.1 Å². The van der Waals surface area contributed by atoms with Crippen LogP contribution in [0.4, 0.5) is 13.2 Å². The van der Waals surface area contributed by atoms with E-state index in [2.05, 4.69) is 10.2 Å². The van der Waals surface area contributed by atoms with Crippen LogP contribution in [0.5, 0.6) is 0 Å². The Morgan fingerprint density at radius 3 is 2.45 bits per heavy atom. The van der Waals surface area contributed by atoms with Gasteiger partial charge in [-0.3, -0.25) is 9.80 Å². The van der Waals surface area contributed by atoms with Gasteiger partial charge < -0.3 is 10.1 Å². The number of likely N-dealkylation sites (N-methyl/N-ethyl adjacent to an activating group) is 1. The van der Waals surface area contributed by atoms with E-state index in [1.807, 2.05) is 6.92 Å². The van der Waals surface area contributed by atoms with Crippen LogP contribution in [0.15, 0.2) is 0 Å². The largest absolute Gasteiger partial charge is 0.490 e. The Balaban J connectivity index is 2.11. The van der Waals surface area contributed by atoms with Gasteiger partial charge >= 0.3 is 12.1 Å². The third kappa shape index (κ3) is 3.72. The molecular weight excluding hydrogens is 299 g/mol. The van der Waals surface area contributed by atoms with Crippen molar-refractivity contribution in [2.75, 3.05) is 33.2 Å². The van der Waals surface area contributed by atoms with Gasteiger partial charge in [-0.15, -0.1) is 0 Å². The van der Waals surface area contributed by atoms with Gasteiger partial charge in [0.1, 0.15) is 0 Å².